The fourth-order valence-electron chi connectivity index (χ4n) is 3.14. The van der Waals surface area contributed by atoms with Crippen LogP contribution in [-0.2, 0) is 9.53 Å². The molecule has 0 aromatic carbocycles. The van der Waals surface area contributed by atoms with E-state index in [9.17, 15) is 4.79 Å². The summed E-state index contributed by atoms with van der Waals surface area (Å²) >= 11 is 1.67. The smallest absolute Gasteiger partial charge is 0.242 e. The Kier molecular flexibility index (Phi) is 4.73. The molecule has 3 rings (SSSR count). The number of aryl methyl sites for hydroxylation is 3. The highest BCUT2D eigenvalue weighted by atomic mass is 32.1. The van der Waals surface area contributed by atoms with Crippen molar-refractivity contribution < 1.29 is 9.53 Å². The molecule has 1 aliphatic rings. The summed E-state index contributed by atoms with van der Waals surface area (Å²) in [7, 11) is 0. The number of carbonyl (C=O) groups excluding carboxylic acids is 1. The number of carbonyl (C=O) groups is 1. The third-order valence-electron chi connectivity index (χ3n) is 4.32. The molecule has 0 saturated carbocycles. The predicted molar refractivity (Wildman–Crippen MR) is 96.7 cm³/mol. The Labute approximate surface area is 146 Å². The maximum absolute atomic E-state index is 12.5. The quantitative estimate of drug-likeness (QED) is 0.924. The summed E-state index contributed by atoms with van der Waals surface area (Å²) in [6.45, 7) is 11.5. The molecule has 24 heavy (non-hydrogen) atoms. The van der Waals surface area contributed by atoms with Crippen LogP contribution in [-0.4, -0.2) is 52.6 Å². The van der Waals surface area contributed by atoms with E-state index in [2.05, 4.69) is 29.1 Å². The Hall–Kier alpha value is -1.73. The van der Waals surface area contributed by atoms with Crippen molar-refractivity contribution in [2.75, 3.05) is 25.0 Å². The van der Waals surface area contributed by atoms with E-state index in [1.54, 1.807) is 11.3 Å². The van der Waals surface area contributed by atoms with Crippen LogP contribution in [0, 0.1) is 20.8 Å². The van der Waals surface area contributed by atoms with E-state index < -0.39 is 0 Å². The monoisotopic (exact) mass is 348 g/mol. The predicted octanol–water partition coefficient (Wildman–Crippen LogP) is 2.66. The van der Waals surface area contributed by atoms with Crippen LogP contribution in [0.1, 0.15) is 30.1 Å². The number of hydrogen-bond acceptors (Lipinski definition) is 6. The van der Waals surface area contributed by atoms with Gasteiger partial charge in [0, 0.05) is 18.0 Å². The van der Waals surface area contributed by atoms with Crippen molar-refractivity contribution in [2.24, 2.45) is 0 Å². The summed E-state index contributed by atoms with van der Waals surface area (Å²) in [5.74, 6) is 1.54. The van der Waals surface area contributed by atoms with E-state index in [1.807, 2.05) is 25.7 Å². The molecule has 1 saturated heterocycles. The van der Waals surface area contributed by atoms with E-state index >= 15 is 0 Å². The Morgan fingerprint density at radius 3 is 2.58 bits per heavy atom. The summed E-state index contributed by atoms with van der Waals surface area (Å²) in [5.41, 5.74) is 1.18. The minimum atomic E-state index is 0.0750. The lowest BCUT2D eigenvalue weighted by Crippen LogP contribution is -2.49. The molecule has 3 heterocycles. The highest BCUT2D eigenvalue weighted by Gasteiger charge is 2.25. The summed E-state index contributed by atoms with van der Waals surface area (Å²) in [6, 6.07) is 0. The van der Waals surface area contributed by atoms with Crippen LogP contribution in [0.15, 0.2) is 0 Å². The number of fused-ring (bicyclic) bond motifs is 1. The van der Waals surface area contributed by atoms with E-state index in [0.717, 1.165) is 16.0 Å². The number of ether oxygens (including phenoxy) is 1. The van der Waals surface area contributed by atoms with Crippen LogP contribution in [0.2, 0.25) is 0 Å². The molecule has 130 valence electrons. The van der Waals surface area contributed by atoms with E-state index in [-0.39, 0.29) is 24.7 Å². The average Bonchev–Trinajstić information content (AvgIpc) is 2.78. The zero-order valence-corrected chi connectivity index (χ0v) is 15.7. The van der Waals surface area contributed by atoms with Crippen LogP contribution in [0.5, 0.6) is 0 Å². The first-order valence-electron chi connectivity index (χ1n) is 8.26. The van der Waals surface area contributed by atoms with Gasteiger partial charge in [-0.1, -0.05) is 0 Å². The molecule has 1 amide bonds. The summed E-state index contributed by atoms with van der Waals surface area (Å²) in [4.78, 5) is 25.6. The second kappa shape index (κ2) is 6.64. The van der Waals surface area contributed by atoms with Gasteiger partial charge in [0.25, 0.3) is 0 Å². The second-order valence-electron chi connectivity index (χ2n) is 6.49. The zero-order valence-electron chi connectivity index (χ0n) is 14.8. The molecule has 2 atom stereocenters. The molecular weight excluding hydrogens is 324 g/mol. The summed E-state index contributed by atoms with van der Waals surface area (Å²) in [5, 5.41) is 4.26. The Morgan fingerprint density at radius 2 is 1.92 bits per heavy atom. The molecular formula is C17H24N4O2S. The SMILES string of the molecule is Cc1nc(NCC(=O)N2CC(C)OC(C)C2)c2c(C)c(C)sc2n1. The van der Waals surface area contributed by atoms with E-state index in [1.165, 1.54) is 10.4 Å². The number of amides is 1. The number of nitrogens with one attached hydrogen (secondary N) is 1. The maximum atomic E-state index is 12.5. The summed E-state index contributed by atoms with van der Waals surface area (Å²) in [6.07, 6.45) is 0.153. The molecule has 6 nitrogen and oxygen atoms in total. The number of hydrogen-bond donors (Lipinski definition) is 1. The Bertz CT molecular complexity index is 764. The van der Waals surface area contributed by atoms with Crippen molar-refractivity contribution in [3.8, 4) is 0 Å². The number of thiophene rings is 1. The van der Waals surface area contributed by atoms with Crippen LogP contribution in [0.4, 0.5) is 5.82 Å². The molecule has 0 aliphatic carbocycles. The molecule has 0 spiro atoms. The zero-order chi connectivity index (χ0) is 17.4. The lowest BCUT2D eigenvalue weighted by Gasteiger charge is -2.35. The lowest BCUT2D eigenvalue weighted by atomic mass is 10.2. The molecule has 2 unspecified atom stereocenters. The van der Waals surface area contributed by atoms with Crippen molar-refractivity contribution in [3.63, 3.8) is 0 Å². The largest absolute Gasteiger partial charge is 0.372 e. The van der Waals surface area contributed by atoms with Crippen molar-refractivity contribution >= 4 is 33.3 Å². The van der Waals surface area contributed by atoms with Crippen LogP contribution in [0.3, 0.4) is 0 Å². The van der Waals surface area contributed by atoms with Gasteiger partial charge in [-0.05, 0) is 40.2 Å². The van der Waals surface area contributed by atoms with E-state index in [4.69, 9.17) is 4.74 Å². The topological polar surface area (TPSA) is 67.4 Å². The van der Waals surface area contributed by atoms with Crippen molar-refractivity contribution in [2.45, 2.75) is 46.8 Å². The molecule has 0 bridgehead atoms. The van der Waals surface area contributed by atoms with Gasteiger partial charge in [0.05, 0.1) is 24.1 Å². The molecule has 2 aromatic rings. The van der Waals surface area contributed by atoms with Gasteiger partial charge < -0.3 is 15.0 Å². The Morgan fingerprint density at radius 1 is 1.25 bits per heavy atom. The number of morpholine rings is 1. The van der Waals surface area contributed by atoms with Gasteiger partial charge >= 0.3 is 0 Å². The molecule has 1 N–H and O–H groups in total. The third kappa shape index (κ3) is 3.37. The second-order valence-corrected chi connectivity index (χ2v) is 7.70. The molecule has 1 fully saturated rings. The minimum Gasteiger partial charge on any atom is -0.372 e. The van der Waals surface area contributed by atoms with Crippen LogP contribution in [0.25, 0.3) is 10.2 Å². The number of aromatic nitrogens is 2. The lowest BCUT2D eigenvalue weighted by molar-refractivity contribution is -0.141. The fourth-order valence-corrected chi connectivity index (χ4v) is 4.21. The van der Waals surface area contributed by atoms with Gasteiger partial charge in [0.15, 0.2) is 0 Å². The van der Waals surface area contributed by atoms with Gasteiger partial charge in [0.2, 0.25) is 5.91 Å². The van der Waals surface area contributed by atoms with Crippen molar-refractivity contribution in [1.29, 1.82) is 0 Å². The number of rotatable bonds is 3. The fraction of sp³-hybridized carbons (Fsp3) is 0.588. The highest BCUT2D eigenvalue weighted by Crippen LogP contribution is 2.33. The number of nitrogens with zero attached hydrogens (tertiary/aromatic N) is 3. The third-order valence-corrected chi connectivity index (χ3v) is 5.42. The standard InChI is InChI=1S/C17H24N4O2S/c1-9-7-21(8-10(2)23-9)14(22)6-18-16-15-11(3)12(4)24-17(15)20-13(5)19-16/h9-10H,6-8H2,1-5H3,(H,18,19,20). The normalized spacial score (nSPS) is 21.3. The molecule has 2 aromatic heterocycles. The highest BCUT2D eigenvalue weighted by molar-refractivity contribution is 7.18. The van der Waals surface area contributed by atoms with Crippen molar-refractivity contribution in [3.05, 3.63) is 16.3 Å². The van der Waals surface area contributed by atoms with E-state index in [0.29, 0.717) is 18.9 Å². The van der Waals surface area contributed by atoms with Gasteiger partial charge in [-0.2, -0.15) is 0 Å². The first kappa shape index (κ1) is 17.1. The van der Waals surface area contributed by atoms with Crippen molar-refractivity contribution in [1.82, 2.24) is 14.9 Å². The molecule has 0 radical (unpaired) electrons. The molecule has 1 aliphatic heterocycles. The Balaban J connectivity index is 1.77. The summed E-state index contributed by atoms with van der Waals surface area (Å²) < 4.78 is 5.69. The average molecular weight is 348 g/mol. The van der Waals surface area contributed by atoms with Gasteiger partial charge in [-0.25, -0.2) is 9.97 Å². The first-order chi connectivity index (χ1) is 11.3. The van der Waals surface area contributed by atoms with Crippen LogP contribution >= 0.6 is 11.3 Å². The van der Waals surface area contributed by atoms with Gasteiger partial charge in [-0.15, -0.1) is 11.3 Å². The number of anilines is 1. The maximum Gasteiger partial charge on any atom is 0.242 e. The van der Waals surface area contributed by atoms with Gasteiger partial charge in [-0.3, -0.25) is 4.79 Å². The minimum absolute atomic E-state index is 0.0750. The molecule has 7 heteroatoms. The van der Waals surface area contributed by atoms with Crippen LogP contribution < -0.4 is 5.32 Å². The van der Waals surface area contributed by atoms with Gasteiger partial charge in [0.1, 0.15) is 16.5 Å². The first-order valence-corrected chi connectivity index (χ1v) is 9.08.